The molecule has 0 aliphatic rings. The molecule has 0 saturated heterocycles. The minimum Gasteiger partial charge on any atom is -0.331 e. The molecule has 0 atom stereocenters. The normalized spacial score (nSPS) is 6.91. The number of nitrogens with zero attached hydrogens (tertiary/aromatic N) is 1. The minimum atomic E-state index is 0.750. The largest absolute Gasteiger partial charge is 0.331 e. The number of nitrogens with one attached hydrogen (secondary N) is 1. The molecule has 5 N–H and O–H groups in total. The van der Waals surface area contributed by atoms with Crippen molar-refractivity contribution in [3.05, 3.63) is 18.5 Å². The van der Waals surface area contributed by atoms with Gasteiger partial charge in [-0.05, 0) is 19.2 Å². The van der Waals surface area contributed by atoms with Gasteiger partial charge >= 0.3 is 0 Å². The van der Waals surface area contributed by atoms with Crippen LogP contribution in [0.5, 0.6) is 0 Å². The Labute approximate surface area is 68.0 Å². The Bertz CT molecular complexity index is 86.0. The summed E-state index contributed by atoms with van der Waals surface area (Å²) >= 11 is 0. The third kappa shape index (κ3) is 27.2. The number of aromatic nitrogens is 2. The summed E-state index contributed by atoms with van der Waals surface area (Å²) < 4.78 is 0. The Kier molecular flexibility index (Phi) is 18.7. The van der Waals surface area contributed by atoms with Gasteiger partial charge in [-0.2, -0.15) is 5.10 Å². The first-order chi connectivity index (χ1) is 5.33. The molecular formula is C7H18N4. The maximum Gasteiger partial charge on any atom is 0.0487 e. The summed E-state index contributed by atoms with van der Waals surface area (Å²) in [5.74, 6) is 0. The molecule has 0 aromatic carbocycles. The van der Waals surface area contributed by atoms with Crippen LogP contribution in [0, 0.1) is 0 Å². The topological polar surface area (TPSA) is 80.7 Å². The van der Waals surface area contributed by atoms with Crippen LogP contribution in [0.2, 0.25) is 0 Å². The van der Waals surface area contributed by atoms with Gasteiger partial charge in [-0.3, -0.25) is 5.10 Å². The molecule has 0 saturated carbocycles. The van der Waals surface area contributed by atoms with Gasteiger partial charge in [0.25, 0.3) is 0 Å². The predicted molar refractivity (Wildman–Crippen MR) is 48.0 cm³/mol. The van der Waals surface area contributed by atoms with Crippen molar-refractivity contribution >= 4 is 0 Å². The number of rotatable bonds is 0. The first-order valence-corrected chi connectivity index (χ1v) is 3.67. The second-order valence-electron chi connectivity index (χ2n) is 1.58. The van der Waals surface area contributed by atoms with Crippen molar-refractivity contribution in [1.82, 2.24) is 10.2 Å². The van der Waals surface area contributed by atoms with Gasteiger partial charge in [0, 0.05) is 12.4 Å². The van der Waals surface area contributed by atoms with Crippen molar-refractivity contribution in [2.45, 2.75) is 13.8 Å². The molecule has 0 aliphatic carbocycles. The molecule has 11 heavy (non-hydrogen) atoms. The van der Waals surface area contributed by atoms with Gasteiger partial charge in [0.1, 0.15) is 0 Å². The van der Waals surface area contributed by atoms with Gasteiger partial charge in [-0.15, -0.1) is 0 Å². The summed E-state index contributed by atoms with van der Waals surface area (Å²) in [5, 5.41) is 6.21. The Morgan fingerprint density at radius 3 is 1.82 bits per heavy atom. The summed E-state index contributed by atoms with van der Waals surface area (Å²) in [4.78, 5) is 0. The summed E-state index contributed by atoms with van der Waals surface area (Å²) in [5.41, 5.74) is 9.69. The molecule has 0 fully saturated rings. The summed E-state index contributed by atoms with van der Waals surface area (Å²) in [6.07, 6.45) is 3.46. The molecule has 1 aromatic heterocycles. The fraction of sp³-hybridized carbons (Fsp3) is 0.571. The fourth-order valence-corrected chi connectivity index (χ4v) is 0.215. The molecule has 0 bridgehead atoms. The monoisotopic (exact) mass is 158 g/mol. The second-order valence-corrected chi connectivity index (χ2v) is 1.58. The van der Waals surface area contributed by atoms with Crippen LogP contribution >= 0.6 is 0 Å². The minimum absolute atomic E-state index is 0.750. The lowest BCUT2D eigenvalue weighted by atomic mass is 10.8. The van der Waals surface area contributed by atoms with E-state index in [9.17, 15) is 0 Å². The van der Waals surface area contributed by atoms with Crippen molar-refractivity contribution in [1.29, 1.82) is 0 Å². The van der Waals surface area contributed by atoms with Crippen LogP contribution in [-0.2, 0) is 0 Å². The van der Waals surface area contributed by atoms with Gasteiger partial charge in [0.05, 0.1) is 0 Å². The zero-order valence-corrected chi connectivity index (χ0v) is 7.25. The summed E-state index contributed by atoms with van der Waals surface area (Å²) in [6.45, 7) is 5.31. The standard InChI is InChI=1S/C3H4N2.2C2H7N/c1-2-4-5-3-1;2*1-2-3/h1-3H,(H,4,5);2*2-3H2,1H3. The van der Waals surface area contributed by atoms with Crippen LogP contribution in [0.1, 0.15) is 13.8 Å². The molecule has 0 aliphatic heterocycles. The SMILES string of the molecule is CCN.CCN.c1cn[nH]c1. The van der Waals surface area contributed by atoms with E-state index in [1.807, 2.05) is 19.9 Å². The third-order valence-electron chi connectivity index (χ3n) is 0.406. The maximum atomic E-state index is 4.85. The van der Waals surface area contributed by atoms with Crippen LogP contribution in [0.15, 0.2) is 18.5 Å². The molecule has 66 valence electrons. The molecular weight excluding hydrogens is 140 g/mol. The van der Waals surface area contributed by atoms with Gasteiger partial charge in [-0.1, -0.05) is 13.8 Å². The number of hydrogen-bond acceptors (Lipinski definition) is 3. The predicted octanol–water partition coefficient (Wildman–Crippen LogP) is 0.340. The van der Waals surface area contributed by atoms with E-state index in [0.29, 0.717) is 0 Å². The Morgan fingerprint density at radius 1 is 1.27 bits per heavy atom. The number of aromatic amines is 1. The van der Waals surface area contributed by atoms with E-state index in [0.717, 1.165) is 13.1 Å². The van der Waals surface area contributed by atoms with Crippen molar-refractivity contribution in [2.75, 3.05) is 13.1 Å². The van der Waals surface area contributed by atoms with Crippen molar-refractivity contribution in [3.63, 3.8) is 0 Å². The molecule has 0 spiro atoms. The highest BCUT2D eigenvalue weighted by molar-refractivity contribution is 4.72. The zero-order valence-electron chi connectivity index (χ0n) is 7.25. The summed E-state index contributed by atoms with van der Waals surface area (Å²) in [7, 11) is 0. The van der Waals surface area contributed by atoms with E-state index >= 15 is 0 Å². The molecule has 4 heteroatoms. The molecule has 4 nitrogen and oxygen atoms in total. The lowest BCUT2D eigenvalue weighted by Crippen LogP contribution is -1.87. The lowest BCUT2D eigenvalue weighted by Gasteiger charge is -1.53. The third-order valence-corrected chi connectivity index (χ3v) is 0.406. The van der Waals surface area contributed by atoms with Crippen LogP contribution in [0.25, 0.3) is 0 Å². The lowest BCUT2D eigenvalue weighted by molar-refractivity contribution is 1.09. The molecule has 1 aromatic rings. The number of hydrogen-bond donors (Lipinski definition) is 3. The number of nitrogens with two attached hydrogens (primary N) is 2. The van der Waals surface area contributed by atoms with Crippen molar-refractivity contribution in [3.8, 4) is 0 Å². The average molecular weight is 158 g/mol. The van der Waals surface area contributed by atoms with E-state index < -0.39 is 0 Å². The number of H-pyrrole nitrogens is 1. The molecule has 0 amide bonds. The van der Waals surface area contributed by atoms with E-state index in [1.165, 1.54) is 0 Å². The molecule has 1 heterocycles. The van der Waals surface area contributed by atoms with E-state index in [-0.39, 0.29) is 0 Å². The Balaban J connectivity index is 0. The van der Waals surface area contributed by atoms with Crippen molar-refractivity contribution in [2.24, 2.45) is 11.5 Å². The van der Waals surface area contributed by atoms with Crippen LogP contribution in [-0.4, -0.2) is 23.3 Å². The highest BCUT2D eigenvalue weighted by Gasteiger charge is 1.56. The fourth-order valence-electron chi connectivity index (χ4n) is 0.215. The van der Waals surface area contributed by atoms with E-state index in [4.69, 9.17) is 11.5 Å². The highest BCUT2D eigenvalue weighted by atomic mass is 15.1. The van der Waals surface area contributed by atoms with E-state index in [2.05, 4.69) is 10.2 Å². The van der Waals surface area contributed by atoms with Gasteiger partial charge < -0.3 is 11.5 Å². The second kappa shape index (κ2) is 16.1. The van der Waals surface area contributed by atoms with E-state index in [1.54, 1.807) is 12.4 Å². The summed E-state index contributed by atoms with van der Waals surface area (Å²) in [6, 6.07) is 1.83. The van der Waals surface area contributed by atoms with Crippen LogP contribution in [0.4, 0.5) is 0 Å². The highest BCUT2D eigenvalue weighted by Crippen LogP contribution is 1.64. The smallest absolute Gasteiger partial charge is 0.0487 e. The first kappa shape index (κ1) is 12.8. The quantitative estimate of drug-likeness (QED) is 0.509. The molecule has 1 rings (SSSR count). The molecule has 0 radical (unpaired) electrons. The Hall–Kier alpha value is -0.870. The maximum absolute atomic E-state index is 4.85. The van der Waals surface area contributed by atoms with Crippen LogP contribution < -0.4 is 11.5 Å². The average Bonchev–Trinajstić information content (AvgIpc) is 2.44. The Morgan fingerprint density at radius 2 is 1.73 bits per heavy atom. The zero-order chi connectivity index (χ0) is 8.95. The first-order valence-electron chi connectivity index (χ1n) is 3.67. The van der Waals surface area contributed by atoms with Crippen LogP contribution in [0.3, 0.4) is 0 Å². The molecule has 0 unspecified atom stereocenters. The van der Waals surface area contributed by atoms with Gasteiger partial charge in [0.15, 0.2) is 0 Å². The van der Waals surface area contributed by atoms with Crippen molar-refractivity contribution < 1.29 is 0 Å². The van der Waals surface area contributed by atoms with Gasteiger partial charge in [0.2, 0.25) is 0 Å². The van der Waals surface area contributed by atoms with Gasteiger partial charge in [-0.25, -0.2) is 0 Å².